The molecular weight excluding hydrogens is 206 g/mol. The van der Waals surface area contributed by atoms with Crippen LogP contribution in [0.5, 0.6) is 0 Å². The van der Waals surface area contributed by atoms with Gasteiger partial charge in [-0.3, -0.25) is 0 Å². The van der Waals surface area contributed by atoms with Gasteiger partial charge in [0.05, 0.1) is 0 Å². The third-order valence-corrected chi connectivity index (χ3v) is 3.56. The fraction of sp³-hybridized carbons (Fsp3) is 0.250. The first-order valence-electron chi connectivity index (χ1n) is 6.28. The summed E-state index contributed by atoms with van der Waals surface area (Å²) in [6, 6.07) is 19.6. The first-order valence-corrected chi connectivity index (χ1v) is 6.28. The van der Waals surface area contributed by atoms with Gasteiger partial charge in [0.2, 0.25) is 0 Å². The molecule has 2 aromatic carbocycles. The second-order valence-electron chi connectivity index (χ2n) is 4.63. The van der Waals surface area contributed by atoms with Crippen molar-refractivity contribution in [2.75, 3.05) is 6.54 Å². The van der Waals surface area contributed by atoms with E-state index in [1.165, 1.54) is 23.1 Å². The zero-order valence-corrected chi connectivity index (χ0v) is 9.89. The van der Waals surface area contributed by atoms with Gasteiger partial charge in [0.1, 0.15) is 0 Å². The van der Waals surface area contributed by atoms with Gasteiger partial charge in [0.15, 0.2) is 0 Å². The van der Waals surface area contributed by atoms with E-state index >= 15 is 0 Å². The molecule has 1 heterocycles. The van der Waals surface area contributed by atoms with Crippen molar-refractivity contribution < 1.29 is 0 Å². The minimum Gasteiger partial charge on any atom is -0.313 e. The van der Waals surface area contributed by atoms with Crippen LogP contribution in [0.25, 0.3) is 0 Å². The summed E-state index contributed by atoms with van der Waals surface area (Å²) in [5.41, 5.74) is 4.37. The molecule has 0 fully saturated rings. The highest BCUT2D eigenvalue weighted by Gasteiger charge is 2.19. The van der Waals surface area contributed by atoms with E-state index in [2.05, 4.69) is 59.9 Å². The van der Waals surface area contributed by atoms with Crippen LogP contribution in [0.4, 0.5) is 0 Å². The molecule has 0 aromatic heterocycles. The van der Waals surface area contributed by atoms with Crippen LogP contribution in [0.1, 0.15) is 29.0 Å². The molecule has 1 atom stereocenters. The van der Waals surface area contributed by atoms with Crippen LogP contribution in [-0.2, 0) is 6.54 Å². The van der Waals surface area contributed by atoms with Gasteiger partial charge in [-0.2, -0.15) is 0 Å². The Labute approximate surface area is 102 Å². The normalized spacial score (nSPS) is 19.4. The highest BCUT2D eigenvalue weighted by atomic mass is 14.9. The van der Waals surface area contributed by atoms with Gasteiger partial charge in [-0.25, -0.2) is 0 Å². The van der Waals surface area contributed by atoms with Crippen LogP contribution in [-0.4, -0.2) is 6.54 Å². The molecule has 1 aliphatic heterocycles. The van der Waals surface area contributed by atoms with Gasteiger partial charge < -0.3 is 5.32 Å². The van der Waals surface area contributed by atoms with E-state index in [1.807, 2.05) is 0 Å². The second-order valence-corrected chi connectivity index (χ2v) is 4.63. The molecule has 0 unspecified atom stereocenters. The van der Waals surface area contributed by atoms with Crippen molar-refractivity contribution in [1.82, 2.24) is 5.32 Å². The predicted molar refractivity (Wildman–Crippen MR) is 71.1 cm³/mol. The third-order valence-electron chi connectivity index (χ3n) is 3.56. The van der Waals surface area contributed by atoms with E-state index < -0.39 is 0 Å². The molecule has 0 bridgehead atoms. The van der Waals surface area contributed by atoms with Gasteiger partial charge >= 0.3 is 0 Å². The molecule has 0 amide bonds. The van der Waals surface area contributed by atoms with Crippen molar-refractivity contribution in [3.05, 3.63) is 71.3 Å². The van der Waals surface area contributed by atoms with E-state index in [-0.39, 0.29) is 0 Å². The molecule has 3 rings (SSSR count). The Kier molecular flexibility index (Phi) is 2.93. The Balaban J connectivity index is 2.06. The molecule has 17 heavy (non-hydrogen) atoms. The summed E-state index contributed by atoms with van der Waals surface area (Å²) in [5, 5.41) is 3.50. The molecule has 0 radical (unpaired) electrons. The maximum absolute atomic E-state index is 3.50. The fourth-order valence-corrected chi connectivity index (χ4v) is 2.69. The molecule has 0 aliphatic carbocycles. The highest BCUT2D eigenvalue weighted by Crippen LogP contribution is 2.31. The topological polar surface area (TPSA) is 12.0 Å². The van der Waals surface area contributed by atoms with Crippen LogP contribution in [0, 0.1) is 0 Å². The van der Waals surface area contributed by atoms with Crippen LogP contribution in [0.15, 0.2) is 54.6 Å². The quantitative estimate of drug-likeness (QED) is 0.782. The number of hydrogen-bond acceptors (Lipinski definition) is 1. The summed E-state index contributed by atoms with van der Waals surface area (Å²) in [7, 11) is 0. The average Bonchev–Trinajstić information content (AvgIpc) is 2.62. The van der Waals surface area contributed by atoms with Crippen LogP contribution >= 0.6 is 0 Å². The van der Waals surface area contributed by atoms with Gasteiger partial charge in [0.25, 0.3) is 0 Å². The third kappa shape index (κ3) is 2.11. The number of benzene rings is 2. The minimum absolute atomic E-state index is 0.544. The van der Waals surface area contributed by atoms with Gasteiger partial charge in [-0.05, 0) is 29.7 Å². The van der Waals surface area contributed by atoms with E-state index in [0.717, 1.165) is 13.1 Å². The van der Waals surface area contributed by atoms with E-state index in [0.29, 0.717) is 5.92 Å². The smallest absolute Gasteiger partial charge is 0.0208 e. The molecule has 1 heteroatoms. The number of fused-ring (bicyclic) bond motifs is 1. The van der Waals surface area contributed by atoms with E-state index in [9.17, 15) is 0 Å². The van der Waals surface area contributed by atoms with E-state index in [1.54, 1.807) is 0 Å². The van der Waals surface area contributed by atoms with Crippen molar-refractivity contribution >= 4 is 0 Å². The molecular formula is C16H17N. The minimum atomic E-state index is 0.544. The number of rotatable bonds is 1. The summed E-state index contributed by atoms with van der Waals surface area (Å²) < 4.78 is 0. The van der Waals surface area contributed by atoms with Gasteiger partial charge in [-0.15, -0.1) is 0 Å². The van der Waals surface area contributed by atoms with Gasteiger partial charge in [-0.1, -0.05) is 54.6 Å². The average molecular weight is 223 g/mol. The lowest BCUT2D eigenvalue weighted by Gasteiger charge is -2.17. The Morgan fingerprint density at radius 2 is 1.65 bits per heavy atom. The molecule has 1 nitrogen and oxygen atoms in total. The molecule has 86 valence electrons. The van der Waals surface area contributed by atoms with Crippen molar-refractivity contribution in [2.24, 2.45) is 0 Å². The summed E-state index contributed by atoms with van der Waals surface area (Å²) in [5.74, 6) is 0.544. The zero-order chi connectivity index (χ0) is 11.5. The SMILES string of the molecule is c1ccc([C@@H]2CCNCc3ccccc32)cc1. The van der Waals surface area contributed by atoms with Crippen molar-refractivity contribution in [2.45, 2.75) is 18.9 Å². The van der Waals surface area contributed by atoms with Crippen LogP contribution < -0.4 is 5.32 Å². The summed E-state index contributed by atoms with van der Waals surface area (Å²) in [6.07, 6.45) is 1.18. The maximum atomic E-state index is 3.50. The monoisotopic (exact) mass is 223 g/mol. The lowest BCUT2D eigenvalue weighted by Crippen LogP contribution is -2.12. The summed E-state index contributed by atoms with van der Waals surface area (Å²) in [6.45, 7) is 2.09. The first-order chi connectivity index (χ1) is 8.45. The zero-order valence-electron chi connectivity index (χ0n) is 9.89. The standard InChI is InChI=1S/C16H17N/c1-2-6-13(7-3-1)16-10-11-17-12-14-8-4-5-9-15(14)16/h1-9,16-17H,10-12H2/t16-/m0/s1. The molecule has 2 aromatic rings. The predicted octanol–water partition coefficient (Wildman–Crippen LogP) is 3.31. The fourth-order valence-electron chi connectivity index (χ4n) is 2.69. The Morgan fingerprint density at radius 3 is 2.53 bits per heavy atom. The Morgan fingerprint density at radius 1 is 0.882 bits per heavy atom. The van der Waals surface area contributed by atoms with Crippen molar-refractivity contribution in [3.63, 3.8) is 0 Å². The van der Waals surface area contributed by atoms with Crippen molar-refractivity contribution in [1.29, 1.82) is 0 Å². The number of hydrogen-bond donors (Lipinski definition) is 1. The van der Waals surface area contributed by atoms with Crippen LogP contribution in [0.2, 0.25) is 0 Å². The molecule has 0 spiro atoms. The molecule has 0 saturated carbocycles. The summed E-state index contributed by atoms with van der Waals surface area (Å²) >= 11 is 0. The van der Waals surface area contributed by atoms with Crippen molar-refractivity contribution in [3.8, 4) is 0 Å². The lowest BCUT2D eigenvalue weighted by atomic mass is 9.87. The highest BCUT2D eigenvalue weighted by molar-refractivity contribution is 5.38. The van der Waals surface area contributed by atoms with Gasteiger partial charge in [0, 0.05) is 12.5 Å². The molecule has 1 aliphatic rings. The maximum Gasteiger partial charge on any atom is 0.0208 e. The number of nitrogens with one attached hydrogen (secondary N) is 1. The Bertz CT molecular complexity index is 490. The Hall–Kier alpha value is -1.60. The van der Waals surface area contributed by atoms with Crippen LogP contribution in [0.3, 0.4) is 0 Å². The lowest BCUT2D eigenvalue weighted by molar-refractivity contribution is 0.647. The largest absolute Gasteiger partial charge is 0.313 e. The first kappa shape index (κ1) is 10.5. The van der Waals surface area contributed by atoms with E-state index in [4.69, 9.17) is 0 Å². The molecule has 1 N–H and O–H groups in total. The summed E-state index contributed by atoms with van der Waals surface area (Å²) in [4.78, 5) is 0. The second kappa shape index (κ2) is 4.72. The molecule has 0 saturated heterocycles.